The third-order valence-corrected chi connectivity index (χ3v) is 3.55. The van der Waals surface area contributed by atoms with E-state index in [1.54, 1.807) is 11.8 Å². The molecule has 0 aliphatic heterocycles. The summed E-state index contributed by atoms with van der Waals surface area (Å²) >= 11 is 7.77. The highest BCUT2D eigenvalue weighted by atomic mass is 35.5. The second-order valence-corrected chi connectivity index (χ2v) is 5.12. The van der Waals surface area contributed by atoms with Crippen molar-refractivity contribution >= 4 is 23.4 Å². The quantitative estimate of drug-likeness (QED) is 0.798. The molecule has 0 heterocycles. The maximum absolute atomic E-state index is 8.94. The first kappa shape index (κ1) is 11.9. The second-order valence-electron chi connectivity index (χ2n) is 3.62. The molecule has 0 saturated carbocycles. The van der Waals surface area contributed by atoms with E-state index in [0.29, 0.717) is 10.9 Å². The Kier molecular flexibility index (Phi) is 4.79. The smallest absolute Gasteiger partial charge is 0.0696 e. The summed E-state index contributed by atoms with van der Waals surface area (Å²) in [6.07, 6.45) is 0. The molecule has 0 aliphatic rings. The molecule has 0 fully saturated rings. The van der Waals surface area contributed by atoms with Crippen LogP contribution in [0.2, 0.25) is 5.02 Å². The van der Waals surface area contributed by atoms with Crippen LogP contribution in [0.1, 0.15) is 19.4 Å². The number of hydrogen-bond acceptors (Lipinski definition) is 2. The number of thioether (sulfide) groups is 1. The fraction of sp³-hybridized carbons (Fsp3) is 0.455. The van der Waals surface area contributed by atoms with E-state index in [-0.39, 0.29) is 6.61 Å². The molecule has 3 heteroatoms. The Hall–Kier alpha value is -0.180. The maximum Gasteiger partial charge on any atom is 0.0696 e. The summed E-state index contributed by atoms with van der Waals surface area (Å²) in [5, 5.41) is 9.59. The van der Waals surface area contributed by atoms with E-state index in [1.807, 2.05) is 18.2 Å². The van der Waals surface area contributed by atoms with Crippen molar-refractivity contribution in [3.63, 3.8) is 0 Å². The molecule has 1 aromatic carbocycles. The molecule has 0 saturated heterocycles. The first-order chi connectivity index (χ1) is 6.63. The highest BCUT2D eigenvalue weighted by molar-refractivity contribution is 7.99. The van der Waals surface area contributed by atoms with E-state index < -0.39 is 0 Å². The van der Waals surface area contributed by atoms with Crippen LogP contribution in [0, 0.1) is 5.92 Å². The van der Waals surface area contributed by atoms with Gasteiger partial charge < -0.3 is 5.11 Å². The molecule has 0 radical (unpaired) electrons. The van der Waals surface area contributed by atoms with Crippen LogP contribution in [0.5, 0.6) is 0 Å². The molecule has 0 amide bonds. The lowest BCUT2D eigenvalue weighted by molar-refractivity contribution is 0.282. The fourth-order valence-electron chi connectivity index (χ4n) is 1.01. The Balaban J connectivity index is 2.66. The summed E-state index contributed by atoms with van der Waals surface area (Å²) in [5.74, 6) is 1.77. The predicted octanol–water partition coefficient (Wildman–Crippen LogP) is 3.58. The van der Waals surface area contributed by atoms with Gasteiger partial charge in [-0.05, 0) is 23.6 Å². The Morgan fingerprint density at radius 1 is 1.43 bits per heavy atom. The van der Waals surface area contributed by atoms with Gasteiger partial charge in [0, 0.05) is 15.7 Å². The molecular weight excluding hydrogens is 216 g/mol. The summed E-state index contributed by atoms with van der Waals surface area (Å²) in [6.45, 7) is 4.39. The number of aliphatic hydroxyl groups excluding tert-OH is 1. The molecule has 1 aromatic rings. The third-order valence-electron chi connectivity index (χ3n) is 1.78. The fourth-order valence-corrected chi connectivity index (χ4v) is 2.21. The number of hydrogen-bond donors (Lipinski definition) is 1. The summed E-state index contributed by atoms with van der Waals surface area (Å²) in [7, 11) is 0. The lowest BCUT2D eigenvalue weighted by Crippen LogP contribution is -1.91. The summed E-state index contributed by atoms with van der Waals surface area (Å²) in [4.78, 5) is 1.17. The van der Waals surface area contributed by atoms with E-state index in [2.05, 4.69) is 13.8 Å². The van der Waals surface area contributed by atoms with Gasteiger partial charge in [0.15, 0.2) is 0 Å². The number of rotatable bonds is 4. The zero-order chi connectivity index (χ0) is 10.6. The number of benzene rings is 1. The molecular formula is C11H15ClOS. The van der Waals surface area contributed by atoms with Crippen molar-refractivity contribution in [2.45, 2.75) is 25.3 Å². The van der Waals surface area contributed by atoms with Crippen LogP contribution >= 0.6 is 23.4 Å². The molecule has 0 aliphatic carbocycles. The van der Waals surface area contributed by atoms with Gasteiger partial charge in [0.05, 0.1) is 6.61 Å². The van der Waals surface area contributed by atoms with E-state index >= 15 is 0 Å². The molecule has 0 spiro atoms. The monoisotopic (exact) mass is 230 g/mol. The third kappa shape index (κ3) is 3.52. The Morgan fingerprint density at radius 2 is 2.14 bits per heavy atom. The lowest BCUT2D eigenvalue weighted by Gasteiger charge is -2.06. The minimum absolute atomic E-state index is 0.00790. The summed E-state index contributed by atoms with van der Waals surface area (Å²) in [5.41, 5.74) is 0.792. The molecule has 0 bridgehead atoms. The molecule has 1 rings (SSSR count). The van der Waals surface area contributed by atoms with E-state index in [4.69, 9.17) is 16.7 Å². The van der Waals surface area contributed by atoms with Crippen LogP contribution in [0.3, 0.4) is 0 Å². The molecule has 78 valence electrons. The molecule has 0 unspecified atom stereocenters. The van der Waals surface area contributed by atoms with Gasteiger partial charge >= 0.3 is 0 Å². The Bertz CT molecular complexity index is 299. The molecule has 0 aromatic heterocycles. The largest absolute Gasteiger partial charge is 0.392 e. The number of aliphatic hydroxyl groups is 1. The topological polar surface area (TPSA) is 20.2 Å². The van der Waals surface area contributed by atoms with Gasteiger partial charge in [-0.2, -0.15) is 0 Å². The van der Waals surface area contributed by atoms with E-state index in [1.165, 1.54) is 4.90 Å². The summed E-state index contributed by atoms with van der Waals surface area (Å²) < 4.78 is 0. The first-order valence-corrected chi connectivity index (χ1v) is 6.02. The van der Waals surface area contributed by atoms with Gasteiger partial charge in [-0.25, -0.2) is 0 Å². The number of halogens is 1. The lowest BCUT2D eigenvalue weighted by atomic mass is 10.2. The van der Waals surface area contributed by atoms with Crippen molar-refractivity contribution in [3.8, 4) is 0 Å². The highest BCUT2D eigenvalue weighted by Gasteiger charge is 2.02. The van der Waals surface area contributed by atoms with Crippen LogP contribution in [-0.4, -0.2) is 10.9 Å². The highest BCUT2D eigenvalue weighted by Crippen LogP contribution is 2.26. The SMILES string of the molecule is CC(C)CSc1ccc(CO)c(Cl)c1. The van der Waals surface area contributed by atoms with E-state index in [0.717, 1.165) is 11.3 Å². The van der Waals surface area contributed by atoms with Crippen molar-refractivity contribution in [1.82, 2.24) is 0 Å². The van der Waals surface area contributed by atoms with Gasteiger partial charge in [-0.3, -0.25) is 0 Å². The molecule has 1 N–H and O–H groups in total. The van der Waals surface area contributed by atoms with Gasteiger partial charge in [0.2, 0.25) is 0 Å². The maximum atomic E-state index is 8.94. The minimum atomic E-state index is 0.00790. The van der Waals surface area contributed by atoms with E-state index in [9.17, 15) is 0 Å². The minimum Gasteiger partial charge on any atom is -0.392 e. The average Bonchev–Trinajstić information content (AvgIpc) is 2.15. The normalized spacial score (nSPS) is 10.9. The molecule has 0 atom stereocenters. The first-order valence-electron chi connectivity index (χ1n) is 4.65. The van der Waals surface area contributed by atoms with Crippen LogP contribution in [0.15, 0.2) is 23.1 Å². The van der Waals surface area contributed by atoms with Gasteiger partial charge in [0.25, 0.3) is 0 Å². The zero-order valence-corrected chi connectivity index (χ0v) is 10.0. The second kappa shape index (κ2) is 5.64. The van der Waals surface area contributed by atoms with Crippen molar-refractivity contribution < 1.29 is 5.11 Å². The zero-order valence-electron chi connectivity index (χ0n) is 8.46. The van der Waals surface area contributed by atoms with Crippen molar-refractivity contribution in [1.29, 1.82) is 0 Å². The van der Waals surface area contributed by atoms with Crippen molar-refractivity contribution in [3.05, 3.63) is 28.8 Å². The van der Waals surface area contributed by atoms with Crippen LogP contribution in [0.25, 0.3) is 0 Å². The van der Waals surface area contributed by atoms with Crippen LogP contribution < -0.4 is 0 Å². The summed E-state index contributed by atoms with van der Waals surface area (Å²) in [6, 6.07) is 5.80. The predicted molar refractivity (Wildman–Crippen MR) is 62.9 cm³/mol. The molecule has 1 nitrogen and oxygen atoms in total. The standard InChI is InChI=1S/C11H15ClOS/c1-8(2)7-14-10-4-3-9(6-13)11(12)5-10/h3-5,8,13H,6-7H2,1-2H3. The van der Waals surface area contributed by atoms with Crippen molar-refractivity contribution in [2.24, 2.45) is 5.92 Å². The van der Waals surface area contributed by atoms with Crippen LogP contribution in [-0.2, 0) is 6.61 Å². The van der Waals surface area contributed by atoms with Gasteiger partial charge in [0.1, 0.15) is 0 Å². The molecule has 14 heavy (non-hydrogen) atoms. The van der Waals surface area contributed by atoms with Crippen molar-refractivity contribution in [2.75, 3.05) is 5.75 Å². The Labute approximate surface area is 94.5 Å². The van der Waals surface area contributed by atoms with Crippen LogP contribution in [0.4, 0.5) is 0 Å². The van der Waals surface area contributed by atoms with Gasteiger partial charge in [-0.1, -0.05) is 31.5 Å². The average molecular weight is 231 g/mol. The Morgan fingerprint density at radius 3 is 2.64 bits per heavy atom. The van der Waals surface area contributed by atoms with Gasteiger partial charge in [-0.15, -0.1) is 11.8 Å².